The second kappa shape index (κ2) is 5.54. The second-order valence-corrected chi connectivity index (χ2v) is 6.66. The Labute approximate surface area is 117 Å². The fourth-order valence-corrected chi connectivity index (χ4v) is 3.49. The third-order valence-electron chi connectivity index (χ3n) is 3.03. The summed E-state index contributed by atoms with van der Waals surface area (Å²) in [6, 6.07) is 5.34. The standard InChI is InChI=1S/C13H15NO5S/c1-2-7-19-13(16)14-8-12(9-14)20(17,18)11-5-3-10(15)4-6-11/h2-6,12,15H,1,7-9H2. The predicted octanol–water partition coefficient (Wildman–Crippen LogP) is 1.17. The fraction of sp³-hybridized carbons (Fsp3) is 0.308. The lowest BCUT2D eigenvalue weighted by Crippen LogP contribution is -2.56. The van der Waals surface area contributed by atoms with Crippen LogP contribution in [-0.4, -0.2) is 49.5 Å². The molecule has 6 nitrogen and oxygen atoms in total. The maximum absolute atomic E-state index is 12.2. The number of carbonyl (C=O) groups excluding carboxylic acids is 1. The van der Waals surface area contributed by atoms with Crippen LogP contribution in [0.5, 0.6) is 5.75 Å². The summed E-state index contributed by atoms with van der Waals surface area (Å²) in [5.74, 6) is 0.00666. The molecule has 20 heavy (non-hydrogen) atoms. The maximum Gasteiger partial charge on any atom is 0.410 e. The van der Waals surface area contributed by atoms with Crippen molar-refractivity contribution in [2.24, 2.45) is 0 Å². The maximum atomic E-state index is 12.2. The van der Waals surface area contributed by atoms with Crippen LogP contribution in [0.15, 0.2) is 41.8 Å². The van der Waals surface area contributed by atoms with Crippen LogP contribution in [0.25, 0.3) is 0 Å². The van der Waals surface area contributed by atoms with Gasteiger partial charge in [-0.2, -0.15) is 0 Å². The summed E-state index contributed by atoms with van der Waals surface area (Å²) >= 11 is 0. The summed E-state index contributed by atoms with van der Waals surface area (Å²) in [4.78, 5) is 12.9. The summed E-state index contributed by atoms with van der Waals surface area (Å²) in [5.41, 5.74) is 0. The molecule has 0 aromatic heterocycles. The van der Waals surface area contributed by atoms with Gasteiger partial charge in [0.2, 0.25) is 0 Å². The van der Waals surface area contributed by atoms with Gasteiger partial charge in [-0.15, -0.1) is 0 Å². The quantitative estimate of drug-likeness (QED) is 0.843. The number of nitrogens with zero attached hydrogens (tertiary/aromatic N) is 1. The molecule has 0 radical (unpaired) electrons. The van der Waals surface area contributed by atoms with Gasteiger partial charge < -0.3 is 14.7 Å². The first kappa shape index (κ1) is 14.4. The summed E-state index contributed by atoms with van der Waals surface area (Å²) < 4.78 is 29.3. The van der Waals surface area contributed by atoms with E-state index in [9.17, 15) is 13.2 Å². The molecule has 1 fully saturated rings. The van der Waals surface area contributed by atoms with Crippen LogP contribution < -0.4 is 0 Å². The zero-order chi connectivity index (χ0) is 14.8. The van der Waals surface area contributed by atoms with Gasteiger partial charge in [-0.25, -0.2) is 13.2 Å². The average Bonchev–Trinajstić information content (AvgIpc) is 2.34. The zero-order valence-electron chi connectivity index (χ0n) is 10.7. The van der Waals surface area contributed by atoms with Crippen LogP contribution in [-0.2, 0) is 14.6 Å². The molecule has 1 aliphatic heterocycles. The van der Waals surface area contributed by atoms with Crippen molar-refractivity contribution in [3.63, 3.8) is 0 Å². The van der Waals surface area contributed by atoms with Gasteiger partial charge in [-0.05, 0) is 24.3 Å². The van der Waals surface area contributed by atoms with Gasteiger partial charge in [-0.3, -0.25) is 0 Å². The Morgan fingerprint density at radius 1 is 1.40 bits per heavy atom. The highest BCUT2D eigenvalue weighted by Crippen LogP contribution is 2.25. The number of benzene rings is 1. The number of ether oxygens (including phenoxy) is 1. The molecule has 1 N–H and O–H groups in total. The average molecular weight is 297 g/mol. The summed E-state index contributed by atoms with van der Waals surface area (Å²) in [7, 11) is -3.49. The normalized spacial score (nSPS) is 15.5. The Morgan fingerprint density at radius 2 is 2.00 bits per heavy atom. The molecule has 108 valence electrons. The highest BCUT2D eigenvalue weighted by atomic mass is 32.2. The van der Waals surface area contributed by atoms with Crippen molar-refractivity contribution in [2.45, 2.75) is 10.1 Å². The Hall–Kier alpha value is -2.02. The molecular weight excluding hydrogens is 282 g/mol. The van der Waals surface area contributed by atoms with Gasteiger partial charge in [0.05, 0.1) is 4.90 Å². The highest BCUT2D eigenvalue weighted by Gasteiger charge is 2.41. The van der Waals surface area contributed by atoms with Gasteiger partial charge in [0, 0.05) is 13.1 Å². The van der Waals surface area contributed by atoms with E-state index in [4.69, 9.17) is 9.84 Å². The van der Waals surface area contributed by atoms with E-state index in [1.165, 1.54) is 35.2 Å². The Bertz CT molecular complexity index is 602. The lowest BCUT2D eigenvalue weighted by atomic mass is 10.2. The monoisotopic (exact) mass is 297 g/mol. The number of hydrogen-bond acceptors (Lipinski definition) is 5. The number of sulfone groups is 1. The molecule has 1 aromatic carbocycles. The molecule has 0 unspecified atom stereocenters. The van der Waals surface area contributed by atoms with Crippen molar-refractivity contribution in [3.05, 3.63) is 36.9 Å². The molecule has 0 bridgehead atoms. The number of hydrogen-bond donors (Lipinski definition) is 1. The number of aromatic hydroxyl groups is 1. The second-order valence-electron chi connectivity index (χ2n) is 4.43. The van der Waals surface area contributed by atoms with Gasteiger partial charge in [-0.1, -0.05) is 12.7 Å². The molecule has 1 amide bonds. The van der Waals surface area contributed by atoms with E-state index in [1.54, 1.807) is 0 Å². The molecule has 0 spiro atoms. The Kier molecular flexibility index (Phi) is 3.99. The van der Waals surface area contributed by atoms with Crippen molar-refractivity contribution in [3.8, 4) is 5.75 Å². The molecule has 0 aliphatic carbocycles. The molecule has 2 rings (SSSR count). The largest absolute Gasteiger partial charge is 0.508 e. The van der Waals surface area contributed by atoms with E-state index >= 15 is 0 Å². The topological polar surface area (TPSA) is 83.9 Å². The molecule has 7 heteroatoms. The van der Waals surface area contributed by atoms with Gasteiger partial charge >= 0.3 is 6.09 Å². The van der Waals surface area contributed by atoms with E-state index in [2.05, 4.69) is 6.58 Å². The first-order valence-corrected chi connectivity index (χ1v) is 7.55. The van der Waals surface area contributed by atoms with Crippen LogP contribution in [0, 0.1) is 0 Å². The first-order valence-electron chi connectivity index (χ1n) is 6.00. The molecule has 1 saturated heterocycles. The molecule has 1 aliphatic rings. The summed E-state index contributed by atoms with van der Waals surface area (Å²) in [5, 5.41) is 8.52. The first-order chi connectivity index (χ1) is 9.45. The van der Waals surface area contributed by atoms with Gasteiger partial charge in [0.1, 0.15) is 17.6 Å². The molecule has 1 aromatic rings. The third kappa shape index (κ3) is 2.77. The number of rotatable bonds is 4. The van der Waals surface area contributed by atoms with Gasteiger partial charge in [0.15, 0.2) is 9.84 Å². The lowest BCUT2D eigenvalue weighted by molar-refractivity contribution is 0.0908. The van der Waals surface area contributed by atoms with Crippen LogP contribution in [0.2, 0.25) is 0 Å². The summed E-state index contributed by atoms with van der Waals surface area (Å²) in [6.45, 7) is 3.75. The van der Waals surface area contributed by atoms with Crippen LogP contribution in [0.1, 0.15) is 0 Å². The highest BCUT2D eigenvalue weighted by molar-refractivity contribution is 7.92. The number of phenolic OH excluding ortho intramolecular Hbond substituents is 1. The number of amides is 1. The minimum Gasteiger partial charge on any atom is -0.508 e. The lowest BCUT2D eigenvalue weighted by Gasteiger charge is -2.37. The van der Waals surface area contributed by atoms with Crippen molar-refractivity contribution in [1.29, 1.82) is 0 Å². The Balaban J connectivity index is 1.99. The van der Waals surface area contributed by atoms with Crippen molar-refractivity contribution in [2.75, 3.05) is 19.7 Å². The minimum absolute atomic E-state index is 0.00666. The summed E-state index contributed by atoms with van der Waals surface area (Å²) in [6.07, 6.45) is 0.907. The minimum atomic E-state index is -3.49. The van der Waals surface area contributed by atoms with E-state index in [1.807, 2.05) is 0 Å². The molecule has 1 heterocycles. The van der Waals surface area contributed by atoms with E-state index in [0.29, 0.717) is 0 Å². The number of phenols is 1. The van der Waals surface area contributed by atoms with Crippen LogP contribution in [0.3, 0.4) is 0 Å². The van der Waals surface area contributed by atoms with E-state index < -0.39 is 21.2 Å². The van der Waals surface area contributed by atoms with Crippen LogP contribution in [0.4, 0.5) is 4.79 Å². The van der Waals surface area contributed by atoms with E-state index in [-0.39, 0.29) is 30.3 Å². The predicted molar refractivity (Wildman–Crippen MR) is 72.2 cm³/mol. The molecule has 0 atom stereocenters. The number of likely N-dealkylation sites (tertiary alicyclic amines) is 1. The SMILES string of the molecule is C=CCOC(=O)N1CC(S(=O)(=O)c2ccc(O)cc2)C1. The number of carbonyl (C=O) groups is 1. The van der Waals surface area contributed by atoms with Crippen molar-refractivity contribution >= 4 is 15.9 Å². The van der Waals surface area contributed by atoms with Crippen LogP contribution >= 0.6 is 0 Å². The fourth-order valence-electron chi connectivity index (χ4n) is 1.83. The zero-order valence-corrected chi connectivity index (χ0v) is 11.5. The van der Waals surface area contributed by atoms with Gasteiger partial charge in [0.25, 0.3) is 0 Å². The van der Waals surface area contributed by atoms with E-state index in [0.717, 1.165) is 0 Å². The molecule has 0 saturated carbocycles. The smallest absolute Gasteiger partial charge is 0.410 e. The Morgan fingerprint density at radius 3 is 2.55 bits per heavy atom. The third-order valence-corrected chi connectivity index (χ3v) is 5.14. The molecular formula is C13H15NO5S. The van der Waals surface area contributed by atoms with Crippen molar-refractivity contribution in [1.82, 2.24) is 4.90 Å². The van der Waals surface area contributed by atoms with Crippen molar-refractivity contribution < 1.29 is 23.1 Å².